The normalized spacial score (nSPS) is 20.1. The molecule has 1 aliphatic carbocycles. The van der Waals surface area contributed by atoms with Gasteiger partial charge in [-0.1, -0.05) is 6.07 Å². The molecule has 6 heterocycles. The lowest BCUT2D eigenvalue weighted by atomic mass is 9.85. The van der Waals surface area contributed by atoms with Gasteiger partial charge in [0, 0.05) is 63.0 Å². The number of benzene rings is 1. The summed E-state index contributed by atoms with van der Waals surface area (Å²) >= 11 is 0. The van der Waals surface area contributed by atoms with E-state index in [1.54, 1.807) is 23.2 Å². The van der Waals surface area contributed by atoms with E-state index in [2.05, 4.69) is 31.5 Å². The predicted octanol–water partition coefficient (Wildman–Crippen LogP) is 5.75. The van der Waals surface area contributed by atoms with Gasteiger partial charge in [0.15, 0.2) is 5.65 Å². The summed E-state index contributed by atoms with van der Waals surface area (Å²) in [6.07, 6.45) is 6.25. The van der Waals surface area contributed by atoms with Crippen molar-refractivity contribution >= 4 is 51.6 Å². The molecule has 5 aromatic rings. The zero-order valence-corrected chi connectivity index (χ0v) is 30.3. The number of aromatic nitrogens is 5. The Bertz CT molecular complexity index is 2250. The first-order chi connectivity index (χ1) is 26.5. The van der Waals surface area contributed by atoms with Gasteiger partial charge in [-0.3, -0.25) is 28.9 Å². The van der Waals surface area contributed by atoms with Crippen molar-refractivity contribution in [2.24, 2.45) is 5.92 Å². The smallest absolute Gasteiger partial charge is 0.433 e. The maximum absolute atomic E-state index is 13.2. The van der Waals surface area contributed by atoms with Crippen LogP contribution in [0.1, 0.15) is 60.7 Å². The highest BCUT2D eigenvalue weighted by atomic mass is 19.4. The summed E-state index contributed by atoms with van der Waals surface area (Å²) in [6, 6.07) is 10.5. The van der Waals surface area contributed by atoms with E-state index >= 15 is 0 Å². The molecule has 14 nitrogen and oxygen atoms in total. The standard InChI is InChI=1S/C38H41F3N10O4/c1-55-31-20-28-25(19-29(31)44-36(53)27-5-2-7-32(43-27)38(39,40)41)23-51(46-28)26-10-8-24(9-11-26)22-47-13-4-14-48(18-17-47)30-6-3-15-49-34(21-42-35(30)49)50-16-12-33(52)45-37(50)54/h2-3,5-7,15,19-21,23-24,26H,4,8-14,16-18,22H2,1H3,(H,44,53)(H,45,52,54). The lowest BCUT2D eigenvalue weighted by Gasteiger charge is -2.32. The Morgan fingerprint density at radius 2 is 1.85 bits per heavy atom. The molecule has 1 saturated carbocycles. The van der Waals surface area contributed by atoms with Crippen molar-refractivity contribution in [2.75, 3.05) is 61.5 Å². The van der Waals surface area contributed by atoms with Gasteiger partial charge in [-0.15, -0.1) is 0 Å². The van der Waals surface area contributed by atoms with Crippen LogP contribution in [-0.2, 0) is 11.0 Å². The number of imide groups is 1. The van der Waals surface area contributed by atoms with Crippen LogP contribution in [0.2, 0.25) is 0 Å². The largest absolute Gasteiger partial charge is 0.494 e. The van der Waals surface area contributed by atoms with Crippen molar-refractivity contribution in [3.63, 3.8) is 0 Å². The molecule has 0 bridgehead atoms. The van der Waals surface area contributed by atoms with Crippen molar-refractivity contribution in [1.29, 1.82) is 0 Å². The molecule has 1 aromatic carbocycles. The van der Waals surface area contributed by atoms with Crippen LogP contribution in [-0.4, -0.2) is 93.3 Å². The van der Waals surface area contributed by atoms with E-state index in [9.17, 15) is 27.6 Å². The molecule has 3 fully saturated rings. The third kappa shape index (κ3) is 7.52. The van der Waals surface area contributed by atoms with Crippen molar-refractivity contribution in [1.82, 2.24) is 34.4 Å². The van der Waals surface area contributed by atoms with Crippen LogP contribution in [0.25, 0.3) is 16.6 Å². The third-order valence-corrected chi connectivity index (χ3v) is 10.8. The van der Waals surface area contributed by atoms with Gasteiger partial charge in [0.05, 0.1) is 36.2 Å². The van der Waals surface area contributed by atoms with Crippen LogP contribution in [0.4, 0.5) is 35.2 Å². The number of hydrogen-bond donors (Lipinski definition) is 2. The number of carbonyl (C=O) groups excluding carboxylic acids is 3. The first kappa shape index (κ1) is 36.3. The van der Waals surface area contributed by atoms with Crippen LogP contribution >= 0.6 is 0 Å². The number of alkyl halides is 3. The third-order valence-electron chi connectivity index (χ3n) is 10.8. The Labute approximate surface area is 314 Å². The number of amides is 4. The average molecular weight is 759 g/mol. The van der Waals surface area contributed by atoms with E-state index in [1.807, 2.05) is 27.5 Å². The van der Waals surface area contributed by atoms with Crippen molar-refractivity contribution < 1.29 is 32.3 Å². The second-order valence-electron chi connectivity index (χ2n) is 14.4. The highest BCUT2D eigenvalue weighted by Gasteiger charge is 2.33. The molecule has 17 heteroatoms. The molecular weight excluding hydrogens is 717 g/mol. The van der Waals surface area contributed by atoms with Gasteiger partial charge in [-0.05, 0) is 74.9 Å². The molecule has 0 radical (unpaired) electrons. The topological polar surface area (TPSA) is 142 Å². The van der Waals surface area contributed by atoms with Crippen molar-refractivity contribution in [3.8, 4) is 5.75 Å². The lowest BCUT2D eigenvalue weighted by Crippen LogP contribution is -2.50. The summed E-state index contributed by atoms with van der Waals surface area (Å²) in [5, 5.41) is 10.7. The maximum Gasteiger partial charge on any atom is 0.433 e. The minimum Gasteiger partial charge on any atom is -0.494 e. The van der Waals surface area contributed by atoms with Gasteiger partial charge < -0.3 is 19.9 Å². The number of methoxy groups -OCH3 is 1. The number of imidazole rings is 1. The van der Waals surface area contributed by atoms with E-state index in [-0.39, 0.29) is 24.1 Å². The van der Waals surface area contributed by atoms with Crippen LogP contribution < -0.4 is 25.2 Å². The molecule has 4 amide bonds. The predicted molar refractivity (Wildman–Crippen MR) is 198 cm³/mol. The van der Waals surface area contributed by atoms with Crippen molar-refractivity contribution in [3.05, 3.63) is 72.4 Å². The quantitative estimate of drug-likeness (QED) is 0.202. The van der Waals surface area contributed by atoms with Crippen LogP contribution in [0.3, 0.4) is 0 Å². The number of pyridine rings is 2. The number of nitrogens with zero attached hydrogens (tertiary/aromatic N) is 8. The van der Waals surface area contributed by atoms with Gasteiger partial charge in [0.2, 0.25) is 5.91 Å². The van der Waals surface area contributed by atoms with E-state index < -0.39 is 23.8 Å². The fourth-order valence-corrected chi connectivity index (χ4v) is 7.99. The molecule has 2 aliphatic heterocycles. The molecule has 288 valence electrons. The molecule has 0 atom stereocenters. The average Bonchev–Trinajstić information content (AvgIpc) is 3.72. The second-order valence-corrected chi connectivity index (χ2v) is 14.4. The summed E-state index contributed by atoms with van der Waals surface area (Å²) < 4.78 is 48.9. The SMILES string of the molecule is COc1cc2nn(C3CCC(CN4CCCN(c5cccn6c(N7CCC(=O)NC7=O)cnc56)CC4)CC3)cc2cc1NC(=O)c1cccc(C(F)(F)F)n1. The number of hydrogen-bond acceptors (Lipinski definition) is 9. The molecular formula is C38H41F3N10O4. The van der Waals surface area contributed by atoms with Gasteiger partial charge >= 0.3 is 12.2 Å². The molecule has 4 aromatic heterocycles. The fraction of sp³-hybridized carbons (Fsp3) is 0.421. The Balaban J connectivity index is 0.871. The molecule has 55 heavy (non-hydrogen) atoms. The van der Waals surface area contributed by atoms with E-state index in [1.165, 1.54) is 13.2 Å². The first-order valence-corrected chi connectivity index (χ1v) is 18.5. The van der Waals surface area contributed by atoms with Gasteiger partial charge in [-0.2, -0.15) is 18.3 Å². The highest BCUT2D eigenvalue weighted by Crippen LogP contribution is 2.36. The van der Waals surface area contributed by atoms with Crippen LogP contribution in [0, 0.1) is 5.92 Å². The Hall–Kier alpha value is -5.71. The fourth-order valence-electron chi connectivity index (χ4n) is 7.99. The monoisotopic (exact) mass is 758 g/mol. The zero-order chi connectivity index (χ0) is 38.3. The minimum absolute atomic E-state index is 0.220. The number of rotatable bonds is 8. The Kier molecular flexibility index (Phi) is 9.79. The second kappa shape index (κ2) is 14.8. The number of nitrogens with one attached hydrogen (secondary N) is 2. The number of ether oxygens (including phenoxy) is 1. The van der Waals surface area contributed by atoms with Crippen molar-refractivity contribution in [2.45, 2.75) is 50.7 Å². The van der Waals surface area contributed by atoms with Gasteiger partial charge in [-0.25, -0.2) is 14.8 Å². The molecule has 0 spiro atoms. The number of urea groups is 1. The Morgan fingerprint density at radius 3 is 2.64 bits per heavy atom. The number of anilines is 3. The Morgan fingerprint density at radius 1 is 1.02 bits per heavy atom. The summed E-state index contributed by atoms with van der Waals surface area (Å²) in [6.45, 7) is 5.04. The summed E-state index contributed by atoms with van der Waals surface area (Å²) in [4.78, 5) is 51.8. The van der Waals surface area contributed by atoms with Crippen LogP contribution in [0.5, 0.6) is 5.75 Å². The highest BCUT2D eigenvalue weighted by molar-refractivity contribution is 6.06. The van der Waals surface area contributed by atoms with Gasteiger partial charge in [0.25, 0.3) is 5.91 Å². The van der Waals surface area contributed by atoms with E-state index in [4.69, 9.17) is 14.8 Å². The summed E-state index contributed by atoms with van der Waals surface area (Å²) in [7, 11) is 1.46. The zero-order valence-electron chi connectivity index (χ0n) is 30.3. The van der Waals surface area contributed by atoms with E-state index in [0.29, 0.717) is 35.2 Å². The maximum atomic E-state index is 13.2. The number of halogens is 3. The molecule has 8 rings (SSSR count). The van der Waals surface area contributed by atoms with Gasteiger partial charge in [0.1, 0.15) is 23.0 Å². The molecule has 3 aliphatic rings. The van der Waals surface area contributed by atoms with E-state index in [0.717, 1.165) is 93.7 Å². The molecule has 0 unspecified atom stereocenters. The summed E-state index contributed by atoms with van der Waals surface area (Å²) in [5.74, 6) is 0.504. The summed E-state index contributed by atoms with van der Waals surface area (Å²) in [5.41, 5.74) is 1.33. The lowest BCUT2D eigenvalue weighted by molar-refractivity contribution is -0.141. The first-order valence-electron chi connectivity index (χ1n) is 18.5. The number of carbonyl (C=O) groups is 3. The molecule has 2 N–H and O–H groups in total. The minimum atomic E-state index is -4.66. The van der Waals surface area contributed by atoms with Crippen LogP contribution in [0.15, 0.2) is 61.1 Å². The number of fused-ring (bicyclic) bond motifs is 2. The molecule has 2 saturated heterocycles.